The molecule has 0 fully saturated rings. The fourth-order valence-corrected chi connectivity index (χ4v) is 2.28. The van der Waals surface area contributed by atoms with Gasteiger partial charge >= 0.3 is 5.97 Å². The number of hydrogen-bond acceptors (Lipinski definition) is 4. The Bertz CT molecular complexity index is 715. The molecule has 0 saturated heterocycles. The molecule has 1 amide bonds. The lowest BCUT2D eigenvalue weighted by Crippen LogP contribution is -2.31. The molecule has 1 N–H and O–H groups in total. The molecule has 2 rings (SSSR count). The van der Waals surface area contributed by atoms with E-state index >= 15 is 0 Å². The van der Waals surface area contributed by atoms with E-state index in [1.807, 2.05) is 19.1 Å². The van der Waals surface area contributed by atoms with Gasteiger partial charge in [0.05, 0.1) is 18.7 Å². The monoisotopic (exact) mass is 347 g/mol. The number of carbonyl (C=O) groups is 2. The van der Waals surface area contributed by atoms with E-state index in [-0.39, 0.29) is 18.6 Å². The molecule has 5 nitrogen and oxygen atoms in total. The van der Waals surface area contributed by atoms with Crippen LogP contribution >= 0.6 is 11.6 Å². The largest absolute Gasteiger partial charge is 0.497 e. The molecule has 0 bridgehead atoms. The summed E-state index contributed by atoms with van der Waals surface area (Å²) in [4.78, 5) is 23.8. The third-order valence-electron chi connectivity index (χ3n) is 3.39. The minimum absolute atomic E-state index is 0.240. The van der Waals surface area contributed by atoms with Gasteiger partial charge in [-0.3, -0.25) is 4.79 Å². The first-order chi connectivity index (χ1) is 11.5. The molecule has 2 aromatic rings. The fraction of sp³-hybridized carbons (Fsp3) is 0.222. The molecular weight excluding hydrogens is 330 g/mol. The Hall–Kier alpha value is -2.53. The smallest absolute Gasteiger partial charge is 0.338 e. The summed E-state index contributed by atoms with van der Waals surface area (Å²) in [7, 11) is 1.54. The SMILES string of the molecule is COc1ccc(C(=O)OCC(=O)N[C@@H](C)c2cccc(Cl)c2)cc1. The first-order valence-corrected chi connectivity index (χ1v) is 7.73. The Balaban J connectivity index is 1.84. The summed E-state index contributed by atoms with van der Waals surface area (Å²) in [6, 6.07) is 13.4. The van der Waals surface area contributed by atoms with Crippen molar-refractivity contribution in [1.29, 1.82) is 0 Å². The lowest BCUT2D eigenvalue weighted by Gasteiger charge is -2.14. The van der Waals surface area contributed by atoms with Gasteiger partial charge in [0.1, 0.15) is 5.75 Å². The van der Waals surface area contributed by atoms with Crippen molar-refractivity contribution in [3.8, 4) is 5.75 Å². The number of amides is 1. The Kier molecular flexibility index (Phi) is 6.21. The van der Waals surface area contributed by atoms with Crippen LogP contribution in [0, 0.1) is 0 Å². The highest BCUT2D eigenvalue weighted by Gasteiger charge is 2.13. The van der Waals surface area contributed by atoms with Crippen molar-refractivity contribution >= 4 is 23.5 Å². The first-order valence-electron chi connectivity index (χ1n) is 7.35. The van der Waals surface area contributed by atoms with E-state index in [4.69, 9.17) is 21.1 Å². The predicted molar refractivity (Wildman–Crippen MR) is 91.3 cm³/mol. The van der Waals surface area contributed by atoms with Crippen LogP contribution in [-0.2, 0) is 9.53 Å². The molecule has 1 atom stereocenters. The van der Waals surface area contributed by atoms with Crippen LogP contribution in [0.2, 0.25) is 5.02 Å². The van der Waals surface area contributed by atoms with Gasteiger partial charge in [-0.1, -0.05) is 23.7 Å². The third-order valence-corrected chi connectivity index (χ3v) is 3.62. The van der Waals surface area contributed by atoms with Crippen LogP contribution in [0.3, 0.4) is 0 Å². The van der Waals surface area contributed by atoms with Crippen molar-refractivity contribution in [2.75, 3.05) is 13.7 Å². The van der Waals surface area contributed by atoms with Gasteiger partial charge in [0.25, 0.3) is 5.91 Å². The summed E-state index contributed by atoms with van der Waals surface area (Å²) >= 11 is 5.93. The maximum absolute atomic E-state index is 11.9. The van der Waals surface area contributed by atoms with Crippen LogP contribution in [0.15, 0.2) is 48.5 Å². The minimum atomic E-state index is -0.566. The lowest BCUT2D eigenvalue weighted by atomic mass is 10.1. The van der Waals surface area contributed by atoms with Crippen LogP contribution < -0.4 is 10.1 Å². The van der Waals surface area contributed by atoms with Gasteiger partial charge in [0.2, 0.25) is 0 Å². The van der Waals surface area contributed by atoms with E-state index < -0.39 is 5.97 Å². The van der Waals surface area contributed by atoms with E-state index in [9.17, 15) is 9.59 Å². The highest BCUT2D eigenvalue weighted by molar-refractivity contribution is 6.30. The zero-order valence-corrected chi connectivity index (χ0v) is 14.2. The second kappa shape index (κ2) is 8.36. The Morgan fingerprint density at radius 3 is 2.50 bits per heavy atom. The second-order valence-electron chi connectivity index (χ2n) is 5.15. The normalized spacial score (nSPS) is 11.5. The van der Waals surface area contributed by atoms with Crippen molar-refractivity contribution in [2.45, 2.75) is 13.0 Å². The quantitative estimate of drug-likeness (QED) is 0.813. The van der Waals surface area contributed by atoms with Gasteiger partial charge in [0.15, 0.2) is 6.61 Å². The number of halogens is 1. The van der Waals surface area contributed by atoms with Crippen molar-refractivity contribution in [1.82, 2.24) is 5.32 Å². The van der Waals surface area contributed by atoms with Crippen LogP contribution in [-0.4, -0.2) is 25.6 Å². The number of nitrogens with one attached hydrogen (secondary N) is 1. The predicted octanol–water partition coefficient (Wildman–Crippen LogP) is 3.38. The van der Waals surface area contributed by atoms with Crippen LogP contribution in [0.1, 0.15) is 28.9 Å². The zero-order chi connectivity index (χ0) is 17.5. The highest BCUT2D eigenvalue weighted by Crippen LogP contribution is 2.17. The van der Waals surface area contributed by atoms with Crippen LogP contribution in [0.4, 0.5) is 0 Å². The van der Waals surface area contributed by atoms with Gasteiger partial charge in [-0.25, -0.2) is 4.79 Å². The van der Waals surface area contributed by atoms with E-state index in [0.717, 1.165) is 5.56 Å². The number of methoxy groups -OCH3 is 1. The van der Waals surface area contributed by atoms with Crippen molar-refractivity contribution in [2.24, 2.45) is 0 Å². The van der Waals surface area contributed by atoms with Gasteiger partial charge in [-0.15, -0.1) is 0 Å². The molecular formula is C18H18ClNO4. The summed E-state index contributed by atoms with van der Waals surface area (Å²) in [6.45, 7) is 1.48. The molecule has 0 unspecified atom stereocenters. The lowest BCUT2D eigenvalue weighted by molar-refractivity contribution is -0.124. The van der Waals surface area contributed by atoms with Crippen molar-refractivity contribution in [3.63, 3.8) is 0 Å². The molecule has 0 aliphatic rings. The molecule has 0 aliphatic heterocycles. The molecule has 24 heavy (non-hydrogen) atoms. The second-order valence-corrected chi connectivity index (χ2v) is 5.59. The average molecular weight is 348 g/mol. The van der Waals surface area contributed by atoms with Crippen molar-refractivity contribution in [3.05, 3.63) is 64.7 Å². The van der Waals surface area contributed by atoms with E-state index in [1.165, 1.54) is 0 Å². The molecule has 6 heteroatoms. The van der Waals surface area contributed by atoms with Crippen molar-refractivity contribution < 1.29 is 19.1 Å². The molecule has 0 saturated carbocycles. The van der Waals surface area contributed by atoms with E-state index in [1.54, 1.807) is 43.5 Å². The molecule has 0 radical (unpaired) electrons. The molecule has 2 aromatic carbocycles. The van der Waals surface area contributed by atoms with Gasteiger partial charge in [-0.2, -0.15) is 0 Å². The number of benzene rings is 2. The average Bonchev–Trinajstić information content (AvgIpc) is 2.59. The highest BCUT2D eigenvalue weighted by atomic mass is 35.5. The molecule has 0 spiro atoms. The molecule has 0 aromatic heterocycles. The zero-order valence-electron chi connectivity index (χ0n) is 13.4. The minimum Gasteiger partial charge on any atom is -0.497 e. The molecule has 0 aliphatic carbocycles. The Morgan fingerprint density at radius 1 is 1.17 bits per heavy atom. The maximum Gasteiger partial charge on any atom is 0.338 e. The molecule has 126 valence electrons. The Labute approximate surface area is 145 Å². The van der Waals surface area contributed by atoms with Gasteiger partial charge in [0, 0.05) is 5.02 Å². The number of carbonyl (C=O) groups excluding carboxylic acids is 2. The van der Waals surface area contributed by atoms with Crippen LogP contribution in [0.25, 0.3) is 0 Å². The van der Waals surface area contributed by atoms with E-state index in [0.29, 0.717) is 16.3 Å². The standard InChI is InChI=1S/C18H18ClNO4/c1-12(14-4-3-5-15(19)10-14)20-17(21)11-24-18(22)13-6-8-16(23-2)9-7-13/h3-10,12H,11H2,1-2H3,(H,20,21)/t12-/m0/s1. The van der Waals surface area contributed by atoms with Gasteiger partial charge < -0.3 is 14.8 Å². The summed E-state index contributed by atoms with van der Waals surface area (Å²) in [6.07, 6.45) is 0. The van der Waals surface area contributed by atoms with Gasteiger partial charge in [-0.05, 0) is 48.9 Å². The van der Waals surface area contributed by atoms with E-state index in [2.05, 4.69) is 5.32 Å². The first kappa shape index (κ1) is 17.8. The molecule has 0 heterocycles. The number of hydrogen-bond donors (Lipinski definition) is 1. The topological polar surface area (TPSA) is 64.6 Å². The number of ether oxygens (including phenoxy) is 2. The maximum atomic E-state index is 11.9. The third kappa shape index (κ3) is 4.99. The summed E-state index contributed by atoms with van der Waals surface area (Å²) < 4.78 is 10.0. The number of esters is 1. The number of rotatable bonds is 6. The summed E-state index contributed by atoms with van der Waals surface area (Å²) in [5.74, 6) is -0.313. The summed E-state index contributed by atoms with van der Waals surface area (Å²) in [5, 5.41) is 3.35. The summed E-state index contributed by atoms with van der Waals surface area (Å²) in [5.41, 5.74) is 1.23. The fourth-order valence-electron chi connectivity index (χ4n) is 2.08. The Morgan fingerprint density at radius 2 is 1.88 bits per heavy atom. The van der Waals surface area contributed by atoms with Crippen LogP contribution in [0.5, 0.6) is 5.75 Å².